The number of hydrogen-bond acceptors (Lipinski definition) is 3. The van der Waals surface area contributed by atoms with Crippen LogP contribution in [0.4, 0.5) is 4.39 Å². The van der Waals surface area contributed by atoms with E-state index in [9.17, 15) is 9.18 Å². The molecule has 1 aliphatic heterocycles. The third kappa shape index (κ3) is 2.97. The molecule has 25 heavy (non-hydrogen) atoms. The average molecular weight is 346 g/mol. The Morgan fingerprint density at radius 1 is 1.28 bits per heavy atom. The molecule has 5 heteroatoms. The van der Waals surface area contributed by atoms with E-state index in [-0.39, 0.29) is 11.4 Å². The molecular weight excluding hydrogens is 319 g/mol. The molecule has 1 spiro atoms. The van der Waals surface area contributed by atoms with Gasteiger partial charge in [0.05, 0.1) is 0 Å². The zero-order chi connectivity index (χ0) is 17.6. The van der Waals surface area contributed by atoms with Crippen molar-refractivity contribution in [2.45, 2.75) is 76.9 Å². The van der Waals surface area contributed by atoms with E-state index in [1.165, 1.54) is 51.0 Å². The number of hydrogen-bond donors (Lipinski definition) is 2. The molecule has 2 aliphatic carbocycles. The smallest absolute Gasteiger partial charge is 0.274 e. The number of halogens is 1. The molecule has 0 unspecified atom stereocenters. The van der Waals surface area contributed by atoms with E-state index in [1.54, 1.807) is 11.5 Å². The number of benzene rings is 1. The van der Waals surface area contributed by atoms with Gasteiger partial charge in [-0.2, -0.15) is 0 Å². The normalized spacial score (nSPS) is 26.1. The summed E-state index contributed by atoms with van der Waals surface area (Å²) in [6.45, 7) is 2.83. The monoisotopic (exact) mass is 346 g/mol. The number of fused-ring (bicyclic) bond motifs is 1. The summed E-state index contributed by atoms with van der Waals surface area (Å²) in [5, 5.41) is 8.78. The van der Waals surface area contributed by atoms with Crippen LogP contribution in [0.15, 0.2) is 12.1 Å². The second kappa shape index (κ2) is 6.36. The third-order valence-corrected chi connectivity index (χ3v) is 6.79. The van der Waals surface area contributed by atoms with Gasteiger partial charge in [0.25, 0.3) is 5.91 Å². The second-order valence-corrected chi connectivity index (χ2v) is 8.38. The molecule has 1 aromatic carbocycles. The summed E-state index contributed by atoms with van der Waals surface area (Å²) >= 11 is 0. The lowest BCUT2D eigenvalue weighted by Crippen LogP contribution is -2.55. The van der Waals surface area contributed by atoms with Crippen LogP contribution in [-0.2, 0) is 13.0 Å². The maximum atomic E-state index is 14.6. The first kappa shape index (κ1) is 17.0. The van der Waals surface area contributed by atoms with Gasteiger partial charge in [0.2, 0.25) is 0 Å². The van der Waals surface area contributed by atoms with Gasteiger partial charge in [-0.25, -0.2) is 9.87 Å². The lowest BCUT2D eigenvalue weighted by molar-refractivity contribution is -0.0476. The summed E-state index contributed by atoms with van der Waals surface area (Å²) < 4.78 is 14.6. The molecular formula is C20H27FN2O2. The van der Waals surface area contributed by atoms with Crippen molar-refractivity contribution in [3.8, 4) is 0 Å². The van der Waals surface area contributed by atoms with Crippen molar-refractivity contribution in [2.75, 3.05) is 0 Å². The van der Waals surface area contributed by atoms with Crippen molar-refractivity contribution >= 4 is 5.91 Å². The minimum atomic E-state index is -0.657. The number of carbonyl (C=O) groups excluding carboxylic acids is 1. The fourth-order valence-corrected chi connectivity index (χ4v) is 5.40. The predicted octanol–water partition coefficient (Wildman–Crippen LogP) is 3.80. The standard InChI is InChI=1S/C20H27FN2O2/c1-13-7-14-8-15(19(24)22-25)9-18(21)17(14)12-23(13)16-10-20(11-16)5-3-2-4-6-20/h8-9,13,16,25H,2-7,10-12H2,1H3,(H,22,24)/t13-/m0/s1. The Bertz CT molecular complexity index is 677. The second-order valence-electron chi connectivity index (χ2n) is 8.38. The van der Waals surface area contributed by atoms with Crippen LogP contribution in [0.3, 0.4) is 0 Å². The van der Waals surface area contributed by atoms with Crippen LogP contribution in [0.5, 0.6) is 0 Å². The number of carbonyl (C=O) groups is 1. The number of rotatable bonds is 2. The van der Waals surface area contributed by atoms with E-state index in [0.717, 1.165) is 17.5 Å². The van der Waals surface area contributed by atoms with Crippen molar-refractivity contribution in [1.82, 2.24) is 10.4 Å². The van der Waals surface area contributed by atoms with Crippen molar-refractivity contribution in [1.29, 1.82) is 0 Å². The van der Waals surface area contributed by atoms with Gasteiger partial charge in [-0.1, -0.05) is 19.3 Å². The van der Waals surface area contributed by atoms with Crippen LogP contribution in [-0.4, -0.2) is 28.1 Å². The lowest BCUT2D eigenvalue weighted by Gasteiger charge is -2.56. The van der Waals surface area contributed by atoms with Gasteiger partial charge < -0.3 is 0 Å². The number of hydroxylamine groups is 1. The summed E-state index contributed by atoms with van der Waals surface area (Å²) in [6, 6.07) is 3.88. The van der Waals surface area contributed by atoms with E-state index in [1.807, 2.05) is 0 Å². The minimum Gasteiger partial charge on any atom is -0.293 e. The van der Waals surface area contributed by atoms with E-state index < -0.39 is 5.91 Å². The summed E-state index contributed by atoms with van der Waals surface area (Å²) in [5.41, 5.74) is 3.96. The van der Waals surface area contributed by atoms with Gasteiger partial charge in [0.15, 0.2) is 0 Å². The van der Waals surface area contributed by atoms with E-state index >= 15 is 0 Å². The Balaban J connectivity index is 1.51. The Morgan fingerprint density at radius 2 is 2.00 bits per heavy atom. The number of nitrogens with one attached hydrogen (secondary N) is 1. The van der Waals surface area contributed by atoms with Gasteiger partial charge in [-0.05, 0) is 62.1 Å². The Morgan fingerprint density at radius 3 is 2.68 bits per heavy atom. The SMILES string of the molecule is C[C@H]1Cc2cc(C(=O)NO)cc(F)c2CN1C1CC2(CCCCC2)C1. The van der Waals surface area contributed by atoms with Gasteiger partial charge in [-0.3, -0.25) is 14.9 Å². The van der Waals surface area contributed by atoms with E-state index in [2.05, 4.69) is 11.8 Å². The summed E-state index contributed by atoms with van der Waals surface area (Å²) in [4.78, 5) is 14.1. The molecule has 1 aromatic rings. The summed E-state index contributed by atoms with van der Waals surface area (Å²) in [7, 11) is 0. The van der Waals surface area contributed by atoms with E-state index in [4.69, 9.17) is 5.21 Å². The van der Waals surface area contributed by atoms with Crippen LogP contribution in [0.1, 0.15) is 73.4 Å². The predicted molar refractivity (Wildman–Crippen MR) is 92.9 cm³/mol. The first-order valence-electron chi connectivity index (χ1n) is 9.53. The van der Waals surface area contributed by atoms with Gasteiger partial charge >= 0.3 is 0 Å². The average Bonchev–Trinajstić information content (AvgIpc) is 2.59. The van der Waals surface area contributed by atoms with Gasteiger partial charge in [0, 0.05) is 29.8 Å². The molecule has 1 atom stereocenters. The van der Waals surface area contributed by atoms with Crippen LogP contribution in [0.2, 0.25) is 0 Å². The van der Waals surface area contributed by atoms with Crippen molar-refractivity contribution in [3.05, 3.63) is 34.6 Å². The van der Waals surface area contributed by atoms with Crippen LogP contribution in [0.25, 0.3) is 0 Å². The molecule has 136 valence electrons. The first-order valence-corrected chi connectivity index (χ1v) is 9.53. The minimum absolute atomic E-state index is 0.184. The maximum Gasteiger partial charge on any atom is 0.274 e. The van der Waals surface area contributed by atoms with Crippen LogP contribution >= 0.6 is 0 Å². The summed E-state index contributed by atoms with van der Waals surface area (Å²) in [6.07, 6.45) is 10.1. The van der Waals surface area contributed by atoms with Gasteiger partial charge in [-0.15, -0.1) is 0 Å². The molecule has 1 amide bonds. The summed E-state index contributed by atoms with van der Waals surface area (Å²) in [5.74, 6) is -0.991. The fourth-order valence-electron chi connectivity index (χ4n) is 5.40. The van der Waals surface area contributed by atoms with Crippen molar-refractivity contribution < 1.29 is 14.4 Å². The Hall–Kier alpha value is -1.46. The molecule has 0 aromatic heterocycles. The maximum absolute atomic E-state index is 14.6. The number of amides is 1. The first-order chi connectivity index (χ1) is 12.0. The Kier molecular flexibility index (Phi) is 4.32. The van der Waals surface area contributed by atoms with Crippen LogP contribution in [0, 0.1) is 11.2 Å². The third-order valence-electron chi connectivity index (χ3n) is 6.79. The highest BCUT2D eigenvalue weighted by Gasteiger charge is 2.48. The zero-order valence-corrected chi connectivity index (χ0v) is 14.9. The molecule has 4 rings (SSSR count). The molecule has 2 saturated carbocycles. The molecule has 4 nitrogen and oxygen atoms in total. The van der Waals surface area contributed by atoms with Crippen molar-refractivity contribution in [3.63, 3.8) is 0 Å². The van der Waals surface area contributed by atoms with Crippen molar-refractivity contribution in [2.24, 2.45) is 5.41 Å². The largest absolute Gasteiger partial charge is 0.293 e. The topological polar surface area (TPSA) is 52.6 Å². The lowest BCUT2D eigenvalue weighted by atomic mass is 9.57. The van der Waals surface area contributed by atoms with Gasteiger partial charge in [0.1, 0.15) is 5.82 Å². The highest BCUT2D eigenvalue weighted by molar-refractivity contribution is 5.93. The highest BCUT2D eigenvalue weighted by Crippen LogP contribution is 2.54. The highest BCUT2D eigenvalue weighted by atomic mass is 19.1. The Labute approximate surface area is 148 Å². The molecule has 2 N–H and O–H groups in total. The molecule has 2 fully saturated rings. The fraction of sp³-hybridized carbons (Fsp3) is 0.650. The molecule has 1 heterocycles. The molecule has 0 bridgehead atoms. The number of nitrogens with zero attached hydrogens (tertiary/aromatic N) is 1. The van der Waals surface area contributed by atoms with Crippen LogP contribution < -0.4 is 5.48 Å². The molecule has 0 radical (unpaired) electrons. The quantitative estimate of drug-likeness (QED) is 0.632. The zero-order valence-electron chi connectivity index (χ0n) is 14.9. The molecule has 3 aliphatic rings. The molecule has 0 saturated heterocycles. The van der Waals surface area contributed by atoms with E-state index in [0.29, 0.717) is 24.0 Å².